The van der Waals surface area contributed by atoms with Gasteiger partial charge in [0.15, 0.2) is 0 Å². The van der Waals surface area contributed by atoms with E-state index in [2.05, 4.69) is 22.0 Å². The lowest BCUT2D eigenvalue weighted by Crippen LogP contribution is -2.06. The number of hydrogen-bond donors (Lipinski definition) is 1. The van der Waals surface area contributed by atoms with Crippen LogP contribution in [-0.4, -0.2) is 28.0 Å². The number of carbonyl (C=O) groups is 1. The maximum atomic E-state index is 10.9. The van der Waals surface area contributed by atoms with Crippen molar-refractivity contribution in [3.63, 3.8) is 0 Å². The maximum absolute atomic E-state index is 10.9. The highest BCUT2D eigenvalue weighted by atomic mass is 16.5. The lowest BCUT2D eigenvalue weighted by Gasteiger charge is -2.02. The van der Waals surface area contributed by atoms with Crippen molar-refractivity contribution in [2.45, 2.75) is 19.8 Å². The van der Waals surface area contributed by atoms with E-state index < -0.39 is 0 Å². The summed E-state index contributed by atoms with van der Waals surface area (Å²) < 4.78 is 4.90. The minimum absolute atomic E-state index is 0.342. The van der Waals surface area contributed by atoms with Gasteiger partial charge in [0, 0.05) is 11.8 Å². The van der Waals surface area contributed by atoms with Crippen molar-refractivity contribution in [2.24, 2.45) is 0 Å². The highest BCUT2D eigenvalue weighted by Crippen LogP contribution is 1.98. The molecule has 76 valence electrons. The number of aryl methyl sites for hydroxylation is 1. The fourth-order valence-electron chi connectivity index (χ4n) is 0.889. The number of aromatic amines is 1. The van der Waals surface area contributed by atoms with Gasteiger partial charge in [-0.3, -0.25) is 5.10 Å². The number of nitrogens with zero attached hydrogens (tertiary/aromatic N) is 2. The normalized spacial score (nSPS) is 9.79. The van der Waals surface area contributed by atoms with Gasteiger partial charge in [-0.15, -0.1) is 5.10 Å². The summed E-state index contributed by atoms with van der Waals surface area (Å²) in [5.41, 5.74) is 1.29. The summed E-state index contributed by atoms with van der Waals surface area (Å²) in [7, 11) is 0. The number of ether oxygens (including phenoxy) is 1. The fourth-order valence-corrected chi connectivity index (χ4v) is 0.889. The van der Waals surface area contributed by atoms with E-state index in [0.29, 0.717) is 12.2 Å². The zero-order chi connectivity index (χ0) is 10.4. The van der Waals surface area contributed by atoms with Crippen LogP contribution >= 0.6 is 0 Å². The van der Waals surface area contributed by atoms with Crippen LogP contribution in [0.2, 0.25) is 0 Å². The minimum atomic E-state index is -0.342. The molecule has 0 aromatic carbocycles. The second-order valence-electron chi connectivity index (χ2n) is 2.98. The van der Waals surface area contributed by atoms with Crippen LogP contribution in [0.25, 0.3) is 0 Å². The van der Waals surface area contributed by atoms with Crippen molar-refractivity contribution in [1.29, 1.82) is 0 Å². The Kier molecular flexibility index (Phi) is 3.84. The van der Waals surface area contributed by atoms with Gasteiger partial charge in [-0.1, -0.05) is 11.8 Å². The number of H-pyrrole nitrogens is 1. The largest absolute Gasteiger partial charge is 0.462 e. The van der Waals surface area contributed by atoms with Crippen molar-refractivity contribution in [3.8, 4) is 0 Å². The van der Waals surface area contributed by atoms with Gasteiger partial charge in [-0.05, 0) is 19.8 Å². The van der Waals surface area contributed by atoms with Crippen molar-refractivity contribution >= 4 is 5.97 Å². The summed E-state index contributed by atoms with van der Waals surface area (Å²) in [6, 6.07) is 0. The molecule has 0 radical (unpaired) electrons. The predicted octanol–water partition coefficient (Wildman–Crippen LogP) is 0.857. The Morgan fingerprint density at radius 3 is 3.07 bits per heavy atom. The lowest BCUT2D eigenvalue weighted by molar-refractivity contribution is -0.139. The topological polar surface area (TPSA) is 67.9 Å². The molecule has 0 saturated carbocycles. The molecule has 1 N–H and O–H groups in total. The molecule has 1 rings (SSSR count). The predicted molar refractivity (Wildman–Crippen MR) is 50.5 cm³/mol. The third-order valence-electron chi connectivity index (χ3n) is 1.63. The number of carbonyl (C=O) groups excluding carboxylic acids is 1. The smallest absolute Gasteiger partial charge is 0.333 e. The van der Waals surface area contributed by atoms with E-state index in [1.165, 1.54) is 0 Å². The van der Waals surface area contributed by atoms with Crippen LogP contribution in [0.1, 0.15) is 19.0 Å². The van der Waals surface area contributed by atoms with Crippen LogP contribution in [0.3, 0.4) is 0 Å². The van der Waals surface area contributed by atoms with Gasteiger partial charge in [-0.2, -0.15) is 0 Å². The molecule has 1 aromatic rings. The van der Waals surface area contributed by atoms with Crippen molar-refractivity contribution in [1.82, 2.24) is 15.4 Å². The van der Waals surface area contributed by atoms with Gasteiger partial charge < -0.3 is 4.74 Å². The highest BCUT2D eigenvalue weighted by molar-refractivity contribution is 5.86. The van der Waals surface area contributed by atoms with Crippen molar-refractivity contribution in [2.75, 3.05) is 6.61 Å². The Balaban J connectivity index is 2.11. The maximum Gasteiger partial charge on any atom is 0.333 e. The third kappa shape index (κ3) is 3.38. The van der Waals surface area contributed by atoms with Gasteiger partial charge in [0.2, 0.25) is 0 Å². The average molecular weight is 195 g/mol. The number of nitrogens with one attached hydrogen (secondary N) is 1. The molecule has 1 heterocycles. The summed E-state index contributed by atoms with van der Waals surface area (Å²) >= 11 is 0. The molecule has 0 saturated heterocycles. The fraction of sp³-hybridized carbons (Fsp3) is 0.444. The molecule has 0 aliphatic heterocycles. The van der Waals surface area contributed by atoms with E-state index >= 15 is 0 Å². The van der Waals surface area contributed by atoms with E-state index in [-0.39, 0.29) is 5.97 Å². The third-order valence-corrected chi connectivity index (χ3v) is 1.63. The SMILES string of the molecule is C=C(C)C(=O)OCCCc1c[nH]nn1. The molecule has 0 spiro atoms. The molecule has 0 aliphatic rings. The summed E-state index contributed by atoms with van der Waals surface area (Å²) in [6.07, 6.45) is 3.21. The van der Waals surface area contributed by atoms with Gasteiger partial charge in [0.05, 0.1) is 12.3 Å². The van der Waals surface area contributed by atoms with Crippen molar-refractivity contribution < 1.29 is 9.53 Å². The summed E-state index contributed by atoms with van der Waals surface area (Å²) in [6.45, 7) is 5.49. The number of hydrogen-bond acceptors (Lipinski definition) is 4. The van der Waals surface area contributed by atoms with Gasteiger partial charge in [0.1, 0.15) is 0 Å². The molecule has 14 heavy (non-hydrogen) atoms. The molecule has 0 bridgehead atoms. The molecule has 1 aromatic heterocycles. The van der Waals surface area contributed by atoms with Gasteiger partial charge >= 0.3 is 5.97 Å². The number of aromatic nitrogens is 3. The zero-order valence-corrected chi connectivity index (χ0v) is 8.12. The van der Waals surface area contributed by atoms with Crippen LogP contribution in [0.15, 0.2) is 18.3 Å². The Morgan fingerprint density at radius 2 is 2.50 bits per heavy atom. The Bertz CT molecular complexity index is 306. The van der Waals surface area contributed by atoms with Crippen LogP contribution in [-0.2, 0) is 16.0 Å². The van der Waals surface area contributed by atoms with E-state index in [9.17, 15) is 4.79 Å². The van der Waals surface area contributed by atoms with Crippen LogP contribution in [0.4, 0.5) is 0 Å². The second-order valence-corrected chi connectivity index (χ2v) is 2.98. The first-order chi connectivity index (χ1) is 6.70. The summed E-state index contributed by atoms with van der Waals surface area (Å²) in [4.78, 5) is 10.9. The van der Waals surface area contributed by atoms with Gasteiger partial charge in [0.25, 0.3) is 0 Å². The second kappa shape index (κ2) is 5.16. The summed E-state index contributed by atoms with van der Waals surface area (Å²) in [5.74, 6) is -0.342. The first-order valence-corrected chi connectivity index (χ1v) is 4.38. The molecule has 0 unspecified atom stereocenters. The lowest BCUT2D eigenvalue weighted by atomic mass is 10.2. The van der Waals surface area contributed by atoms with Gasteiger partial charge in [-0.25, -0.2) is 4.79 Å². The van der Waals surface area contributed by atoms with Crippen LogP contribution in [0.5, 0.6) is 0 Å². The Hall–Kier alpha value is -1.65. The minimum Gasteiger partial charge on any atom is -0.462 e. The highest BCUT2D eigenvalue weighted by Gasteiger charge is 2.02. The van der Waals surface area contributed by atoms with E-state index in [4.69, 9.17) is 4.74 Å². The van der Waals surface area contributed by atoms with Crippen LogP contribution in [0, 0.1) is 0 Å². The molecule has 5 heteroatoms. The first-order valence-electron chi connectivity index (χ1n) is 4.38. The molecular formula is C9H13N3O2. The number of rotatable bonds is 5. The molecule has 5 nitrogen and oxygen atoms in total. The van der Waals surface area contributed by atoms with E-state index in [1.54, 1.807) is 13.1 Å². The molecule has 0 fully saturated rings. The quantitative estimate of drug-likeness (QED) is 0.430. The first kappa shape index (κ1) is 10.4. The molecular weight excluding hydrogens is 182 g/mol. The Morgan fingerprint density at radius 1 is 1.71 bits per heavy atom. The van der Waals surface area contributed by atoms with Crippen LogP contribution < -0.4 is 0 Å². The van der Waals surface area contributed by atoms with Crippen molar-refractivity contribution in [3.05, 3.63) is 24.0 Å². The van der Waals surface area contributed by atoms with E-state index in [0.717, 1.165) is 18.5 Å². The average Bonchev–Trinajstić information content (AvgIpc) is 2.64. The number of esters is 1. The monoisotopic (exact) mass is 195 g/mol. The summed E-state index contributed by atoms with van der Waals surface area (Å²) in [5, 5.41) is 9.99. The zero-order valence-electron chi connectivity index (χ0n) is 8.12. The molecule has 0 amide bonds. The molecule has 0 atom stereocenters. The standard InChI is InChI=1S/C9H13N3O2/c1-7(2)9(13)14-5-3-4-8-6-10-12-11-8/h6H,1,3-5H2,2H3,(H,10,11,12). The van der Waals surface area contributed by atoms with E-state index in [1.807, 2.05) is 0 Å². The Labute approximate surface area is 82.2 Å². The molecule has 0 aliphatic carbocycles.